The molecule has 4 heteroatoms. The maximum Gasteiger partial charge on any atom is 0.0622 e. The molecule has 0 aromatic heterocycles. The van der Waals surface area contributed by atoms with Gasteiger partial charge in [-0.3, -0.25) is 4.90 Å². The minimum absolute atomic E-state index is 0.588. The zero-order valence-corrected chi connectivity index (χ0v) is 12.4. The van der Waals surface area contributed by atoms with Gasteiger partial charge >= 0.3 is 0 Å². The van der Waals surface area contributed by atoms with Gasteiger partial charge in [0.1, 0.15) is 0 Å². The van der Waals surface area contributed by atoms with Crippen molar-refractivity contribution >= 4 is 21.6 Å². The molecule has 3 nitrogen and oxygen atoms in total. The maximum atomic E-state index is 5.51. The van der Waals surface area contributed by atoms with Crippen LogP contribution in [0.2, 0.25) is 0 Å². The maximum absolute atomic E-state index is 5.51. The number of nitrogens with zero attached hydrogens (tertiary/aromatic N) is 1. The number of anilines is 1. The van der Waals surface area contributed by atoms with Crippen molar-refractivity contribution in [1.29, 1.82) is 0 Å². The summed E-state index contributed by atoms with van der Waals surface area (Å²) < 4.78 is 6.63. The van der Waals surface area contributed by atoms with Crippen LogP contribution in [0.5, 0.6) is 0 Å². The zero-order chi connectivity index (χ0) is 12.8. The number of benzene rings is 1. The van der Waals surface area contributed by atoms with Crippen molar-refractivity contribution in [2.75, 3.05) is 38.2 Å². The molecule has 0 radical (unpaired) electrons. The van der Waals surface area contributed by atoms with Gasteiger partial charge in [0.15, 0.2) is 0 Å². The Hall–Kier alpha value is -0.580. The van der Waals surface area contributed by atoms with Crippen molar-refractivity contribution in [3.05, 3.63) is 28.7 Å². The number of hydrogen-bond donors (Lipinski definition) is 1. The first kappa shape index (κ1) is 13.8. The smallest absolute Gasteiger partial charge is 0.0622 e. The third-order valence-electron chi connectivity index (χ3n) is 3.39. The highest BCUT2D eigenvalue weighted by molar-refractivity contribution is 9.10. The Morgan fingerprint density at radius 2 is 2.17 bits per heavy atom. The summed E-state index contributed by atoms with van der Waals surface area (Å²) in [5.41, 5.74) is 1.18. The van der Waals surface area contributed by atoms with Crippen LogP contribution in [0.25, 0.3) is 0 Å². The fourth-order valence-electron chi connectivity index (χ4n) is 2.27. The Balaban J connectivity index is 1.75. The highest BCUT2D eigenvalue weighted by atomic mass is 79.9. The molecule has 1 fully saturated rings. The topological polar surface area (TPSA) is 24.5 Å². The molecule has 0 saturated carbocycles. The monoisotopic (exact) mass is 312 g/mol. The average molecular weight is 313 g/mol. The van der Waals surface area contributed by atoms with Gasteiger partial charge in [-0.25, -0.2) is 0 Å². The summed E-state index contributed by atoms with van der Waals surface area (Å²) in [7, 11) is 0. The van der Waals surface area contributed by atoms with Crippen molar-refractivity contribution < 1.29 is 4.74 Å². The summed E-state index contributed by atoms with van der Waals surface area (Å²) in [6.45, 7) is 7.11. The predicted octanol–water partition coefficient (Wildman–Crippen LogP) is 2.97. The van der Waals surface area contributed by atoms with Crippen LogP contribution < -0.4 is 5.32 Å². The van der Waals surface area contributed by atoms with Gasteiger partial charge in [-0.1, -0.05) is 22.9 Å². The van der Waals surface area contributed by atoms with Crippen LogP contribution in [0, 0.1) is 0 Å². The lowest BCUT2D eigenvalue weighted by atomic mass is 10.2. The van der Waals surface area contributed by atoms with E-state index in [1.165, 1.54) is 5.69 Å². The molecule has 1 N–H and O–H groups in total. The van der Waals surface area contributed by atoms with Gasteiger partial charge in [0.2, 0.25) is 0 Å². The minimum Gasteiger partial charge on any atom is -0.384 e. The molecule has 2 rings (SSSR count). The molecule has 1 heterocycles. The summed E-state index contributed by atoms with van der Waals surface area (Å²) >= 11 is 3.44. The van der Waals surface area contributed by atoms with Gasteiger partial charge in [0.05, 0.1) is 13.2 Å². The van der Waals surface area contributed by atoms with Crippen LogP contribution in [-0.4, -0.2) is 43.8 Å². The summed E-state index contributed by atoms with van der Waals surface area (Å²) in [6.07, 6.45) is 1.16. The number of halogens is 1. The quantitative estimate of drug-likeness (QED) is 0.904. The number of rotatable bonds is 5. The van der Waals surface area contributed by atoms with Gasteiger partial charge in [-0.05, 0) is 30.7 Å². The third kappa shape index (κ3) is 3.97. The molecule has 1 aromatic carbocycles. The van der Waals surface area contributed by atoms with E-state index in [0.717, 1.165) is 43.7 Å². The molecule has 100 valence electrons. The lowest BCUT2D eigenvalue weighted by Gasteiger charge is -2.35. The van der Waals surface area contributed by atoms with Crippen molar-refractivity contribution in [3.8, 4) is 0 Å². The second-order valence-electron chi connectivity index (χ2n) is 4.61. The number of morpholine rings is 1. The Labute approximate surface area is 118 Å². The van der Waals surface area contributed by atoms with E-state index < -0.39 is 0 Å². The van der Waals surface area contributed by atoms with E-state index in [-0.39, 0.29) is 0 Å². The first-order valence-corrected chi connectivity index (χ1v) is 7.40. The molecule has 0 amide bonds. The fourth-order valence-corrected chi connectivity index (χ4v) is 2.54. The molecule has 0 spiro atoms. The van der Waals surface area contributed by atoms with Gasteiger partial charge in [-0.15, -0.1) is 0 Å². The van der Waals surface area contributed by atoms with Crippen LogP contribution in [0.3, 0.4) is 0 Å². The van der Waals surface area contributed by atoms with Crippen molar-refractivity contribution in [3.63, 3.8) is 0 Å². The molecule has 1 atom stereocenters. The lowest BCUT2D eigenvalue weighted by Crippen LogP contribution is -2.46. The highest BCUT2D eigenvalue weighted by Gasteiger charge is 2.20. The average Bonchev–Trinajstić information content (AvgIpc) is 2.41. The second-order valence-corrected chi connectivity index (χ2v) is 5.52. The van der Waals surface area contributed by atoms with E-state index in [0.29, 0.717) is 6.04 Å². The lowest BCUT2D eigenvalue weighted by molar-refractivity contribution is -0.00648. The third-order valence-corrected chi connectivity index (χ3v) is 3.92. The summed E-state index contributed by atoms with van der Waals surface area (Å²) in [4.78, 5) is 2.52. The van der Waals surface area contributed by atoms with Crippen molar-refractivity contribution in [2.24, 2.45) is 0 Å². The Kier molecular flexibility index (Phi) is 5.47. The molecule has 18 heavy (non-hydrogen) atoms. The molecular weight excluding hydrogens is 292 g/mol. The fraction of sp³-hybridized carbons (Fsp3) is 0.571. The molecule has 0 bridgehead atoms. The molecule has 1 saturated heterocycles. The number of nitrogens with one attached hydrogen (secondary N) is 1. The van der Waals surface area contributed by atoms with Crippen LogP contribution >= 0.6 is 15.9 Å². The van der Waals surface area contributed by atoms with Crippen LogP contribution in [-0.2, 0) is 4.74 Å². The SMILES string of the molecule is CCC1COCCN1CCNc1ccc(Br)cc1. The predicted molar refractivity (Wildman–Crippen MR) is 79.1 cm³/mol. The Morgan fingerprint density at radius 3 is 2.89 bits per heavy atom. The van der Waals surface area contributed by atoms with Crippen molar-refractivity contribution in [1.82, 2.24) is 4.90 Å². The largest absolute Gasteiger partial charge is 0.384 e. The highest BCUT2D eigenvalue weighted by Crippen LogP contribution is 2.14. The van der Waals surface area contributed by atoms with E-state index in [1.54, 1.807) is 0 Å². The van der Waals surface area contributed by atoms with Gasteiger partial charge in [0, 0.05) is 35.8 Å². The van der Waals surface area contributed by atoms with Crippen LogP contribution in [0.4, 0.5) is 5.69 Å². The van der Waals surface area contributed by atoms with Crippen LogP contribution in [0.15, 0.2) is 28.7 Å². The second kappa shape index (κ2) is 7.12. The number of hydrogen-bond acceptors (Lipinski definition) is 3. The van der Waals surface area contributed by atoms with Gasteiger partial charge in [0.25, 0.3) is 0 Å². The van der Waals surface area contributed by atoms with E-state index >= 15 is 0 Å². The molecule has 0 aliphatic carbocycles. The van der Waals surface area contributed by atoms with E-state index in [4.69, 9.17) is 4.74 Å². The van der Waals surface area contributed by atoms with E-state index in [2.05, 4.69) is 57.3 Å². The molecule has 1 aromatic rings. The molecule has 1 unspecified atom stereocenters. The van der Waals surface area contributed by atoms with E-state index in [9.17, 15) is 0 Å². The molecule has 1 aliphatic heterocycles. The van der Waals surface area contributed by atoms with Crippen LogP contribution in [0.1, 0.15) is 13.3 Å². The zero-order valence-electron chi connectivity index (χ0n) is 10.9. The Bertz CT molecular complexity index is 355. The number of ether oxygens (including phenoxy) is 1. The minimum atomic E-state index is 0.588. The summed E-state index contributed by atoms with van der Waals surface area (Å²) in [6, 6.07) is 8.91. The van der Waals surface area contributed by atoms with Gasteiger partial charge in [-0.2, -0.15) is 0 Å². The van der Waals surface area contributed by atoms with Gasteiger partial charge < -0.3 is 10.1 Å². The standard InChI is InChI=1S/C14H21BrN2O/c1-2-14-11-18-10-9-17(14)8-7-16-13-5-3-12(15)4-6-13/h3-6,14,16H,2,7-11H2,1H3. The summed E-state index contributed by atoms with van der Waals surface area (Å²) in [5, 5.41) is 3.46. The summed E-state index contributed by atoms with van der Waals surface area (Å²) in [5.74, 6) is 0. The first-order valence-electron chi connectivity index (χ1n) is 6.61. The van der Waals surface area contributed by atoms with Crippen molar-refractivity contribution in [2.45, 2.75) is 19.4 Å². The molecule has 1 aliphatic rings. The molecular formula is C14H21BrN2O. The first-order chi connectivity index (χ1) is 8.79. The normalized spacial score (nSPS) is 20.9. The van der Waals surface area contributed by atoms with E-state index in [1.807, 2.05) is 0 Å². The Morgan fingerprint density at radius 1 is 1.39 bits per heavy atom.